The second-order valence-electron chi connectivity index (χ2n) is 6.93. The third-order valence-corrected chi connectivity index (χ3v) is 5.09. The number of amides is 1. The number of benzene rings is 1. The van der Waals surface area contributed by atoms with E-state index in [-0.39, 0.29) is 5.91 Å². The van der Waals surface area contributed by atoms with Gasteiger partial charge >= 0.3 is 0 Å². The van der Waals surface area contributed by atoms with E-state index >= 15 is 0 Å². The number of para-hydroxylation sites is 1. The van der Waals surface area contributed by atoms with Gasteiger partial charge in [0.25, 0.3) is 0 Å². The lowest BCUT2D eigenvalue weighted by molar-refractivity contribution is -0.126. The molecule has 1 fully saturated rings. The smallest absolute Gasteiger partial charge is 0.246 e. The third kappa shape index (κ3) is 3.58. The van der Waals surface area contributed by atoms with Gasteiger partial charge in [0.1, 0.15) is 5.76 Å². The molecule has 0 saturated carbocycles. The minimum atomic E-state index is 0.0180. The minimum absolute atomic E-state index is 0.0180. The Hall–Kier alpha value is -3.28. The van der Waals surface area contributed by atoms with E-state index in [9.17, 15) is 4.79 Å². The van der Waals surface area contributed by atoms with Crippen LogP contribution in [0, 0.1) is 13.8 Å². The van der Waals surface area contributed by atoms with Gasteiger partial charge in [-0.2, -0.15) is 5.10 Å². The molecule has 0 atom stereocenters. The third-order valence-electron chi connectivity index (χ3n) is 5.09. The first-order valence-electron chi connectivity index (χ1n) is 9.50. The maximum atomic E-state index is 12.4. The quantitative estimate of drug-likeness (QED) is 0.655. The van der Waals surface area contributed by atoms with Crippen molar-refractivity contribution in [3.63, 3.8) is 0 Å². The van der Waals surface area contributed by atoms with E-state index in [1.54, 1.807) is 18.4 Å². The molecule has 0 bridgehead atoms. The van der Waals surface area contributed by atoms with Crippen LogP contribution in [0.4, 0.5) is 5.69 Å². The molecule has 1 saturated heterocycles. The number of hydrogen-bond acceptors (Lipinski definition) is 4. The summed E-state index contributed by atoms with van der Waals surface area (Å²) in [6.07, 6.45) is 4.90. The summed E-state index contributed by atoms with van der Waals surface area (Å²) < 4.78 is 7.23. The number of rotatable bonds is 4. The van der Waals surface area contributed by atoms with Crippen LogP contribution in [0.15, 0.2) is 59.2 Å². The zero-order valence-electron chi connectivity index (χ0n) is 16.2. The molecule has 144 valence electrons. The number of nitrogens with zero attached hydrogens (tertiary/aromatic N) is 4. The molecule has 1 aliphatic heterocycles. The van der Waals surface area contributed by atoms with Gasteiger partial charge in [-0.05, 0) is 44.2 Å². The fourth-order valence-corrected chi connectivity index (χ4v) is 3.71. The van der Waals surface area contributed by atoms with Crippen molar-refractivity contribution in [1.29, 1.82) is 0 Å². The highest BCUT2D eigenvalue weighted by atomic mass is 16.3. The first kappa shape index (κ1) is 18.1. The maximum absolute atomic E-state index is 12.4. The van der Waals surface area contributed by atoms with E-state index in [0.717, 1.165) is 30.2 Å². The molecular formula is C22H24N4O2. The van der Waals surface area contributed by atoms with Crippen LogP contribution in [0.25, 0.3) is 11.8 Å². The highest BCUT2D eigenvalue weighted by Gasteiger charge is 2.24. The van der Waals surface area contributed by atoms with Crippen LogP contribution >= 0.6 is 0 Å². The van der Waals surface area contributed by atoms with Crippen molar-refractivity contribution in [1.82, 2.24) is 14.7 Å². The molecule has 0 aliphatic carbocycles. The van der Waals surface area contributed by atoms with E-state index in [2.05, 4.69) is 24.0 Å². The van der Waals surface area contributed by atoms with Gasteiger partial charge in [0.15, 0.2) is 0 Å². The van der Waals surface area contributed by atoms with Gasteiger partial charge in [0.05, 0.1) is 29.0 Å². The largest absolute Gasteiger partial charge is 0.465 e. The van der Waals surface area contributed by atoms with Gasteiger partial charge in [-0.1, -0.05) is 18.2 Å². The maximum Gasteiger partial charge on any atom is 0.246 e. The van der Waals surface area contributed by atoms with E-state index in [0.29, 0.717) is 18.8 Å². The molecule has 3 heterocycles. The monoisotopic (exact) mass is 376 g/mol. The van der Waals surface area contributed by atoms with E-state index < -0.39 is 0 Å². The second kappa shape index (κ2) is 7.76. The zero-order valence-corrected chi connectivity index (χ0v) is 16.2. The Labute approximate surface area is 164 Å². The van der Waals surface area contributed by atoms with Gasteiger partial charge in [-0.15, -0.1) is 0 Å². The average molecular weight is 376 g/mol. The van der Waals surface area contributed by atoms with Crippen LogP contribution in [0.1, 0.15) is 17.1 Å². The first-order valence-corrected chi connectivity index (χ1v) is 9.50. The number of carbonyl (C=O) groups excluding carboxylic acids is 1. The molecule has 0 radical (unpaired) electrons. The second-order valence-corrected chi connectivity index (χ2v) is 6.93. The molecule has 0 unspecified atom stereocenters. The Morgan fingerprint density at radius 2 is 1.79 bits per heavy atom. The summed E-state index contributed by atoms with van der Waals surface area (Å²) in [5, 5.41) is 4.74. The lowest BCUT2D eigenvalue weighted by atomic mass is 10.2. The zero-order chi connectivity index (χ0) is 19.5. The van der Waals surface area contributed by atoms with E-state index in [1.165, 1.54) is 5.69 Å². The van der Waals surface area contributed by atoms with Crippen LogP contribution < -0.4 is 4.90 Å². The Morgan fingerprint density at radius 3 is 2.46 bits per heavy atom. The molecule has 6 heteroatoms. The van der Waals surface area contributed by atoms with Crippen molar-refractivity contribution in [3.05, 3.63) is 72.0 Å². The molecular weight excluding hydrogens is 352 g/mol. The molecule has 0 N–H and O–H groups in total. The van der Waals surface area contributed by atoms with E-state index in [4.69, 9.17) is 9.52 Å². The number of carbonyl (C=O) groups is 1. The van der Waals surface area contributed by atoms with Crippen molar-refractivity contribution >= 4 is 17.7 Å². The van der Waals surface area contributed by atoms with Gasteiger partial charge in [-0.25, -0.2) is 4.68 Å². The van der Waals surface area contributed by atoms with Gasteiger partial charge in [0.2, 0.25) is 5.91 Å². The number of piperazine rings is 1. The molecule has 4 rings (SSSR count). The molecule has 28 heavy (non-hydrogen) atoms. The number of furan rings is 1. The first-order chi connectivity index (χ1) is 13.6. The van der Waals surface area contributed by atoms with Crippen molar-refractivity contribution in [2.75, 3.05) is 31.1 Å². The Kier molecular flexibility index (Phi) is 5.02. The Bertz CT molecular complexity index is 966. The van der Waals surface area contributed by atoms with E-state index in [1.807, 2.05) is 46.8 Å². The van der Waals surface area contributed by atoms with Crippen LogP contribution in [0.2, 0.25) is 0 Å². The van der Waals surface area contributed by atoms with Crippen molar-refractivity contribution < 1.29 is 9.21 Å². The summed E-state index contributed by atoms with van der Waals surface area (Å²) in [6, 6.07) is 13.8. The van der Waals surface area contributed by atoms with Crippen LogP contribution in [0.3, 0.4) is 0 Å². The standard InChI is InChI=1S/C22H24N4O2/c1-17-22(18(2)26(23-17)19-7-4-3-5-8-19)25-14-12-24(13-15-25)21(27)11-10-20-9-6-16-28-20/h3-11,16H,12-15H2,1-2H3/b11-10+. The van der Waals surface area contributed by atoms with Crippen LogP contribution in [-0.2, 0) is 4.79 Å². The molecule has 2 aromatic heterocycles. The molecule has 0 spiro atoms. The molecule has 1 amide bonds. The minimum Gasteiger partial charge on any atom is -0.465 e. The fourth-order valence-electron chi connectivity index (χ4n) is 3.71. The van der Waals surface area contributed by atoms with Crippen LogP contribution in [-0.4, -0.2) is 46.8 Å². The van der Waals surface area contributed by atoms with Gasteiger partial charge in [-0.3, -0.25) is 4.79 Å². The predicted octanol–water partition coefficient (Wildman–Crippen LogP) is 3.44. The summed E-state index contributed by atoms with van der Waals surface area (Å²) in [5.41, 5.74) is 4.37. The summed E-state index contributed by atoms with van der Waals surface area (Å²) in [5.74, 6) is 0.705. The highest BCUT2D eigenvalue weighted by molar-refractivity contribution is 5.91. The van der Waals surface area contributed by atoms with Crippen molar-refractivity contribution in [2.45, 2.75) is 13.8 Å². The SMILES string of the molecule is Cc1nn(-c2ccccc2)c(C)c1N1CCN(C(=O)/C=C/c2ccco2)CC1. The summed E-state index contributed by atoms with van der Waals surface area (Å²) >= 11 is 0. The van der Waals surface area contributed by atoms with Crippen molar-refractivity contribution in [3.8, 4) is 5.69 Å². The average Bonchev–Trinajstić information content (AvgIpc) is 3.35. The summed E-state index contributed by atoms with van der Waals surface area (Å²) in [4.78, 5) is 16.6. The Morgan fingerprint density at radius 1 is 1.04 bits per heavy atom. The predicted molar refractivity (Wildman–Crippen MR) is 110 cm³/mol. The number of anilines is 1. The molecule has 6 nitrogen and oxygen atoms in total. The fraction of sp³-hybridized carbons (Fsp3) is 0.273. The number of aryl methyl sites for hydroxylation is 1. The van der Waals surface area contributed by atoms with Crippen LogP contribution in [0.5, 0.6) is 0 Å². The lowest BCUT2D eigenvalue weighted by Crippen LogP contribution is -2.48. The summed E-state index contributed by atoms with van der Waals surface area (Å²) in [6.45, 7) is 7.12. The number of aromatic nitrogens is 2. The molecule has 1 aromatic carbocycles. The Balaban J connectivity index is 1.44. The number of hydrogen-bond donors (Lipinski definition) is 0. The van der Waals surface area contributed by atoms with Gasteiger partial charge in [0, 0.05) is 32.3 Å². The van der Waals surface area contributed by atoms with Crippen molar-refractivity contribution in [2.24, 2.45) is 0 Å². The molecule has 3 aromatic rings. The lowest BCUT2D eigenvalue weighted by Gasteiger charge is -2.35. The van der Waals surface area contributed by atoms with Gasteiger partial charge < -0.3 is 14.2 Å². The topological polar surface area (TPSA) is 54.5 Å². The molecule has 1 aliphatic rings. The normalized spacial score (nSPS) is 14.8. The summed E-state index contributed by atoms with van der Waals surface area (Å²) in [7, 11) is 0. The highest BCUT2D eigenvalue weighted by Crippen LogP contribution is 2.27.